The molecule has 0 saturated carbocycles. The summed E-state index contributed by atoms with van der Waals surface area (Å²) in [4.78, 5) is 14.2. The molecular weight excluding hydrogens is 312 g/mol. The average Bonchev–Trinajstić information content (AvgIpc) is 2.54. The predicted octanol–water partition coefficient (Wildman–Crippen LogP) is 3.73. The van der Waals surface area contributed by atoms with Crippen molar-refractivity contribution in [1.82, 2.24) is 4.90 Å². The number of nitro groups is 1. The van der Waals surface area contributed by atoms with E-state index in [2.05, 4.69) is 0 Å². The number of hydrogen-bond acceptors (Lipinski definition) is 5. The number of nitro benzene ring substituents is 1. The topological polar surface area (TPSA) is 66.6 Å². The van der Waals surface area contributed by atoms with E-state index in [1.165, 1.54) is 23.9 Å². The standard InChI is InChI=1S/C17H20N2O3S/c1-18(2)12-11-17(20)13-3-7-15(8-4-13)23-16-9-5-14(6-10-16)19(21)22/h3-10,17,20H,11-12H2,1-2H3. The Morgan fingerprint density at radius 2 is 1.61 bits per heavy atom. The molecule has 6 heteroatoms. The van der Waals surface area contributed by atoms with Crippen LogP contribution in [0.1, 0.15) is 18.1 Å². The maximum atomic E-state index is 10.6. The Labute approximate surface area is 140 Å². The van der Waals surface area contributed by atoms with Crippen LogP contribution in [0.5, 0.6) is 0 Å². The summed E-state index contributed by atoms with van der Waals surface area (Å²) < 4.78 is 0. The Kier molecular flexibility index (Phi) is 6.15. The number of non-ortho nitro benzene ring substituents is 1. The summed E-state index contributed by atoms with van der Waals surface area (Å²) in [5.41, 5.74) is 0.994. The zero-order chi connectivity index (χ0) is 16.8. The molecular formula is C17H20N2O3S. The van der Waals surface area contributed by atoms with Crippen molar-refractivity contribution in [2.45, 2.75) is 22.3 Å². The first kappa shape index (κ1) is 17.5. The summed E-state index contributed by atoms with van der Waals surface area (Å²) in [7, 11) is 3.97. The highest BCUT2D eigenvalue weighted by molar-refractivity contribution is 7.99. The van der Waals surface area contributed by atoms with Crippen molar-refractivity contribution in [2.75, 3.05) is 20.6 Å². The molecule has 0 radical (unpaired) electrons. The number of nitrogens with zero attached hydrogens (tertiary/aromatic N) is 2. The maximum Gasteiger partial charge on any atom is 0.269 e. The Bertz CT molecular complexity index is 642. The first-order chi connectivity index (χ1) is 11.0. The molecule has 0 saturated heterocycles. The van der Waals surface area contributed by atoms with Crippen molar-refractivity contribution in [3.63, 3.8) is 0 Å². The van der Waals surface area contributed by atoms with E-state index >= 15 is 0 Å². The fraction of sp³-hybridized carbons (Fsp3) is 0.294. The minimum absolute atomic E-state index is 0.0914. The largest absolute Gasteiger partial charge is 0.388 e. The summed E-state index contributed by atoms with van der Waals surface area (Å²) in [5.74, 6) is 0. The fourth-order valence-corrected chi connectivity index (χ4v) is 2.89. The molecule has 0 aliphatic rings. The third-order valence-corrected chi connectivity index (χ3v) is 4.41. The molecule has 0 heterocycles. The van der Waals surface area contributed by atoms with Crippen LogP contribution in [0.3, 0.4) is 0 Å². The van der Waals surface area contributed by atoms with E-state index in [0.29, 0.717) is 6.42 Å². The van der Waals surface area contributed by atoms with E-state index < -0.39 is 11.0 Å². The van der Waals surface area contributed by atoms with E-state index in [1.54, 1.807) is 12.1 Å². The van der Waals surface area contributed by atoms with Crippen LogP contribution in [0.15, 0.2) is 58.3 Å². The van der Waals surface area contributed by atoms with E-state index in [9.17, 15) is 15.2 Å². The van der Waals surface area contributed by atoms with Gasteiger partial charge in [-0.3, -0.25) is 10.1 Å². The molecule has 2 aromatic rings. The van der Waals surface area contributed by atoms with Gasteiger partial charge in [0.25, 0.3) is 5.69 Å². The van der Waals surface area contributed by atoms with Crippen molar-refractivity contribution in [2.24, 2.45) is 0 Å². The van der Waals surface area contributed by atoms with Gasteiger partial charge >= 0.3 is 0 Å². The molecule has 0 bridgehead atoms. The van der Waals surface area contributed by atoms with Gasteiger partial charge in [-0.05, 0) is 50.3 Å². The quantitative estimate of drug-likeness (QED) is 0.618. The zero-order valence-electron chi connectivity index (χ0n) is 13.2. The van der Waals surface area contributed by atoms with Gasteiger partial charge in [-0.2, -0.15) is 0 Å². The fourth-order valence-electron chi connectivity index (χ4n) is 2.08. The van der Waals surface area contributed by atoms with Gasteiger partial charge in [-0.25, -0.2) is 0 Å². The van der Waals surface area contributed by atoms with Gasteiger partial charge in [0.15, 0.2) is 0 Å². The second-order valence-corrected chi connectivity index (χ2v) is 6.68. The molecule has 0 aliphatic carbocycles. The van der Waals surface area contributed by atoms with Crippen LogP contribution in [-0.4, -0.2) is 35.6 Å². The minimum Gasteiger partial charge on any atom is -0.388 e. The highest BCUT2D eigenvalue weighted by atomic mass is 32.2. The van der Waals surface area contributed by atoms with Gasteiger partial charge in [0.2, 0.25) is 0 Å². The van der Waals surface area contributed by atoms with Crippen molar-refractivity contribution in [3.05, 3.63) is 64.2 Å². The molecule has 0 fully saturated rings. The van der Waals surface area contributed by atoms with Crippen LogP contribution in [-0.2, 0) is 0 Å². The molecule has 0 amide bonds. The molecule has 0 spiro atoms. The number of aliphatic hydroxyl groups is 1. The average molecular weight is 332 g/mol. The van der Waals surface area contributed by atoms with Crippen molar-refractivity contribution < 1.29 is 10.0 Å². The van der Waals surface area contributed by atoms with E-state index in [1.807, 2.05) is 43.3 Å². The molecule has 0 aromatic heterocycles. The molecule has 5 nitrogen and oxygen atoms in total. The number of benzene rings is 2. The molecule has 0 aliphatic heterocycles. The number of rotatable bonds is 7. The van der Waals surface area contributed by atoms with Gasteiger partial charge < -0.3 is 10.0 Å². The van der Waals surface area contributed by atoms with Crippen molar-refractivity contribution >= 4 is 17.4 Å². The van der Waals surface area contributed by atoms with Crippen LogP contribution < -0.4 is 0 Å². The summed E-state index contributed by atoms with van der Waals surface area (Å²) in [6.07, 6.45) is 0.234. The molecule has 23 heavy (non-hydrogen) atoms. The Morgan fingerprint density at radius 3 is 2.09 bits per heavy atom. The molecule has 1 atom stereocenters. The van der Waals surface area contributed by atoms with E-state index in [4.69, 9.17) is 0 Å². The van der Waals surface area contributed by atoms with E-state index in [-0.39, 0.29) is 5.69 Å². The van der Waals surface area contributed by atoms with Gasteiger partial charge in [-0.1, -0.05) is 23.9 Å². The monoisotopic (exact) mass is 332 g/mol. The molecule has 1 unspecified atom stereocenters. The van der Waals surface area contributed by atoms with Crippen molar-refractivity contribution in [3.8, 4) is 0 Å². The van der Waals surface area contributed by atoms with Crippen LogP contribution in [0.4, 0.5) is 5.69 Å². The first-order valence-electron chi connectivity index (χ1n) is 7.31. The van der Waals surface area contributed by atoms with Gasteiger partial charge in [0, 0.05) is 28.5 Å². The van der Waals surface area contributed by atoms with Gasteiger partial charge in [0.1, 0.15) is 0 Å². The molecule has 1 N–H and O–H groups in total. The van der Waals surface area contributed by atoms with Crippen LogP contribution in [0, 0.1) is 10.1 Å². The first-order valence-corrected chi connectivity index (χ1v) is 8.12. The summed E-state index contributed by atoms with van der Waals surface area (Å²) >= 11 is 1.53. The lowest BCUT2D eigenvalue weighted by Crippen LogP contribution is -2.15. The third kappa shape index (κ3) is 5.35. The Morgan fingerprint density at radius 1 is 1.09 bits per heavy atom. The summed E-state index contributed by atoms with van der Waals surface area (Å²) in [5, 5.41) is 20.8. The third-order valence-electron chi connectivity index (χ3n) is 3.40. The van der Waals surface area contributed by atoms with Gasteiger partial charge in [0.05, 0.1) is 11.0 Å². The molecule has 122 valence electrons. The second-order valence-electron chi connectivity index (χ2n) is 5.53. The SMILES string of the molecule is CN(C)CCC(O)c1ccc(Sc2ccc([N+](=O)[O-])cc2)cc1. The van der Waals surface area contributed by atoms with E-state index in [0.717, 1.165) is 21.9 Å². The minimum atomic E-state index is -0.462. The molecule has 2 aromatic carbocycles. The smallest absolute Gasteiger partial charge is 0.269 e. The lowest BCUT2D eigenvalue weighted by molar-refractivity contribution is -0.384. The highest BCUT2D eigenvalue weighted by Crippen LogP contribution is 2.30. The maximum absolute atomic E-state index is 10.6. The number of hydrogen-bond donors (Lipinski definition) is 1. The summed E-state index contributed by atoms with van der Waals surface area (Å²) in [6.45, 7) is 0.834. The lowest BCUT2D eigenvalue weighted by atomic mass is 10.1. The zero-order valence-corrected chi connectivity index (χ0v) is 14.0. The van der Waals surface area contributed by atoms with Crippen LogP contribution in [0.25, 0.3) is 0 Å². The second kappa shape index (κ2) is 8.10. The van der Waals surface area contributed by atoms with Gasteiger partial charge in [-0.15, -0.1) is 0 Å². The Balaban J connectivity index is 1.98. The van der Waals surface area contributed by atoms with Crippen LogP contribution >= 0.6 is 11.8 Å². The van der Waals surface area contributed by atoms with Crippen molar-refractivity contribution in [1.29, 1.82) is 0 Å². The number of aliphatic hydroxyl groups excluding tert-OH is 1. The Hall–Kier alpha value is -1.89. The predicted molar refractivity (Wildman–Crippen MR) is 91.8 cm³/mol. The van der Waals surface area contributed by atoms with Crippen LogP contribution in [0.2, 0.25) is 0 Å². The molecule has 2 rings (SSSR count). The normalized spacial score (nSPS) is 12.3. The lowest BCUT2D eigenvalue weighted by Gasteiger charge is -2.15. The highest BCUT2D eigenvalue weighted by Gasteiger charge is 2.09. The summed E-state index contributed by atoms with van der Waals surface area (Å²) in [6, 6.07) is 14.2.